The molecule has 0 radical (unpaired) electrons. The zero-order valence-corrected chi connectivity index (χ0v) is 9.83. The molecule has 3 nitrogen and oxygen atoms in total. The Morgan fingerprint density at radius 1 is 1.27 bits per heavy atom. The zero-order valence-electron chi connectivity index (χ0n) is 8.24. The van der Waals surface area contributed by atoms with Crippen LogP contribution in [0.15, 0.2) is 27.2 Å². The van der Waals surface area contributed by atoms with E-state index < -0.39 is 0 Å². The van der Waals surface area contributed by atoms with Crippen LogP contribution in [-0.4, -0.2) is 18.2 Å². The van der Waals surface area contributed by atoms with Gasteiger partial charge in [-0.05, 0) is 31.0 Å². The lowest BCUT2D eigenvalue weighted by molar-refractivity contribution is 0.428. The smallest absolute Gasteiger partial charge is 0.235 e. The summed E-state index contributed by atoms with van der Waals surface area (Å²) in [6.45, 7) is 2.16. The predicted octanol–water partition coefficient (Wildman–Crippen LogP) is 3.19. The molecule has 3 rings (SSSR count). The summed E-state index contributed by atoms with van der Waals surface area (Å²) in [5.41, 5.74) is 0.931. The second kappa shape index (κ2) is 3.52. The van der Waals surface area contributed by atoms with E-state index >= 15 is 0 Å². The molecule has 1 fully saturated rings. The number of anilines is 1. The van der Waals surface area contributed by atoms with E-state index in [1.165, 1.54) is 12.8 Å². The molecule has 0 spiro atoms. The topological polar surface area (TPSA) is 29.3 Å². The van der Waals surface area contributed by atoms with Gasteiger partial charge in [-0.3, -0.25) is 0 Å². The van der Waals surface area contributed by atoms with Gasteiger partial charge in [0.25, 0.3) is 0 Å². The van der Waals surface area contributed by atoms with Crippen molar-refractivity contribution >= 4 is 32.7 Å². The molecule has 1 aliphatic rings. The number of aromatic nitrogens is 1. The van der Waals surface area contributed by atoms with Crippen LogP contribution in [0.2, 0.25) is 0 Å². The van der Waals surface area contributed by atoms with Gasteiger partial charge in [0.05, 0.1) is 5.39 Å². The molecule has 0 bridgehead atoms. The van der Waals surface area contributed by atoms with Crippen molar-refractivity contribution in [1.82, 2.24) is 5.16 Å². The van der Waals surface area contributed by atoms with Crippen LogP contribution in [0.25, 0.3) is 10.9 Å². The number of benzene rings is 1. The maximum absolute atomic E-state index is 5.41. The molecule has 0 aliphatic carbocycles. The summed E-state index contributed by atoms with van der Waals surface area (Å²) in [4.78, 5) is 2.27. The van der Waals surface area contributed by atoms with Crippen molar-refractivity contribution in [3.8, 4) is 0 Å². The largest absolute Gasteiger partial charge is 0.340 e. The van der Waals surface area contributed by atoms with E-state index in [4.69, 9.17) is 4.52 Å². The lowest BCUT2D eigenvalue weighted by Gasteiger charge is -2.12. The van der Waals surface area contributed by atoms with E-state index in [0.717, 1.165) is 34.3 Å². The summed E-state index contributed by atoms with van der Waals surface area (Å²) in [6.07, 6.45) is 2.49. The van der Waals surface area contributed by atoms with Crippen molar-refractivity contribution in [2.45, 2.75) is 12.8 Å². The molecule has 1 aromatic heterocycles. The Labute approximate surface area is 96.2 Å². The second-order valence-electron chi connectivity index (χ2n) is 3.84. The molecule has 1 saturated heterocycles. The molecule has 78 valence electrons. The lowest BCUT2D eigenvalue weighted by Crippen LogP contribution is -2.16. The minimum Gasteiger partial charge on any atom is -0.340 e. The summed E-state index contributed by atoms with van der Waals surface area (Å²) in [5, 5.41) is 5.17. The van der Waals surface area contributed by atoms with E-state index in [0.29, 0.717) is 0 Å². The van der Waals surface area contributed by atoms with Crippen molar-refractivity contribution in [2.24, 2.45) is 0 Å². The molecule has 15 heavy (non-hydrogen) atoms. The fourth-order valence-electron chi connectivity index (χ4n) is 2.05. The van der Waals surface area contributed by atoms with Crippen LogP contribution < -0.4 is 4.90 Å². The Morgan fingerprint density at radius 3 is 2.87 bits per heavy atom. The third-order valence-corrected chi connectivity index (χ3v) is 3.31. The average molecular weight is 267 g/mol. The fourth-order valence-corrected chi connectivity index (χ4v) is 2.41. The Bertz CT molecular complexity index is 488. The number of rotatable bonds is 1. The van der Waals surface area contributed by atoms with E-state index in [-0.39, 0.29) is 0 Å². The summed E-state index contributed by atoms with van der Waals surface area (Å²) < 4.78 is 6.48. The maximum Gasteiger partial charge on any atom is 0.235 e. The van der Waals surface area contributed by atoms with Gasteiger partial charge in [0.15, 0.2) is 0 Å². The Kier molecular flexibility index (Phi) is 2.16. The molecule has 1 aliphatic heterocycles. The minimum atomic E-state index is 0.920. The molecule has 4 heteroatoms. The third kappa shape index (κ3) is 1.53. The van der Waals surface area contributed by atoms with Crippen molar-refractivity contribution in [3.05, 3.63) is 22.7 Å². The molecule has 2 heterocycles. The summed E-state index contributed by atoms with van der Waals surface area (Å²) in [5.74, 6) is 0.920. The molecule has 0 N–H and O–H groups in total. The first-order chi connectivity index (χ1) is 7.34. The molecule has 0 unspecified atom stereocenters. The van der Waals surface area contributed by atoms with E-state index in [9.17, 15) is 0 Å². The third-order valence-electron chi connectivity index (χ3n) is 2.81. The summed E-state index contributed by atoms with van der Waals surface area (Å²) in [7, 11) is 0. The molecule has 0 saturated carbocycles. The van der Waals surface area contributed by atoms with E-state index in [2.05, 4.69) is 32.1 Å². The maximum atomic E-state index is 5.41. The number of hydrogen-bond acceptors (Lipinski definition) is 3. The SMILES string of the molecule is Brc1ccc2noc(N3CCCC3)c2c1. The van der Waals surface area contributed by atoms with Crippen LogP contribution in [0.4, 0.5) is 5.88 Å². The lowest BCUT2D eigenvalue weighted by atomic mass is 10.2. The highest BCUT2D eigenvalue weighted by molar-refractivity contribution is 9.10. The molecular formula is C11H11BrN2O. The average Bonchev–Trinajstić information content (AvgIpc) is 2.83. The van der Waals surface area contributed by atoms with Gasteiger partial charge >= 0.3 is 0 Å². The Balaban J connectivity index is 2.13. The zero-order chi connectivity index (χ0) is 10.3. The quantitative estimate of drug-likeness (QED) is 0.794. The highest BCUT2D eigenvalue weighted by atomic mass is 79.9. The monoisotopic (exact) mass is 266 g/mol. The van der Waals surface area contributed by atoms with Gasteiger partial charge in [-0.25, -0.2) is 0 Å². The van der Waals surface area contributed by atoms with Crippen molar-refractivity contribution in [1.29, 1.82) is 0 Å². The van der Waals surface area contributed by atoms with Crippen molar-refractivity contribution in [3.63, 3.8) is 0 Å². The van der Waals surface area contributed by atoms with Crippen LogP contribution in [0.3, 0.4) is 0 Å². The van der Waals surface area contributed by atoms with Crippen molar-refractivity contribution < 1.29 is 4.52 Å². The number of fused-ring (bicyclic) bond motifs is 1. The summed E-state index contributed by atoms with van der Waals surface area (Å²) >= 11 is 3.47. The Hall–Kier alpha value is -1.03. The van der Waals surface area contributed by atoms with Gasteiger partial charge in [0.2, 0.25) is 5.88 Å². The normalized spacial score (nSPS) is 16.5. The Morgan fingerprint density at radius 2 is 2.07 bits per heavy atom. The van der Waals surface area contributed by atoms with Gasteiger partial charge in [-0.15, -0.1) is 0 Å². The van der Waals surface area contributed by atoms with Gasteiger partial charge in [0.1, 0.15) is 5.52 Å². The van der Waals surface area contributed by atoms with Crippen molar-refractivity contribution in [2.75, 3.05) is 18.0 Å². The fraction of sp³-hybridized carbons (Fsp3) is 0.364. The molecule has 1 aromatic carbocycles. The van der Waals surface area contributed by atoms with Crippen LogP contribution >= 0.6 is 15.9 Å². The first-order valence-electron chi connectivity index (χ1n) is 5.14. The minimum absolute atomic E-state index is 0.920. The standard InChI is InChI=1S/C11H11BrN2O/c12-8-3-4-10-9(7-8)11(15-13-10)14-5-1-2-6-14/h3-4,7H,1-2,5-6H2. The molecular weight excluding hydrogens is 256 g/mol. The van der Waals surface area contributed by atoms with Crippen LogP contribution in [-0.2, 0) is 0 Å². The van der Waals surface area contributed by atoms with Crippen LogP contribution in [0.1, 0.15) is 12.8 Å². The van der Waals surface area contributed by atoms with Crippen LogP contribution in [0, 0.1) is 0 Å². The number of halogens is 1. The highest BCUT2D eigenvalue weighted by Gasteiger charge is 2.19. The number of hydrogen-bond donors (Lipinski definition) is 0. The molecule has 0 amide bonds. The number of nitrogens with zero attached hydrogens (tertiary/aromatic N) is 2. The first kappa shape index (κ1) is 9.21. The van der Waals surface area contributed by atoms with Gasteiger partial charge in [0, 0.05) is 17.6 Å². The van der Waals surface area contributed by atoms with E-state index in [1.54, 1.807) is 0 Å². The van der Waals surface area contributed by atoms with Gasteiger partial charge < -0.3 is 9.42 Å². The van der Waals surface area contributed by atoms with E-state index in [1.807, 2.05) is 12.1 Å². The predicted molar refractivity (Wildman–Crippen MR) is 63.2 cm³/mol. The van der Waals surface area contributed by atoms with Crippen LogP contribution in [0.5, 0.6) is 0 Å². The van der Waals surface area contributed by atoms with Gasteiger partial charge in [-0.2, -0.15) is 0 Å². The second-order valence-corrected chi connectivity index (χ2v) is 4.76. The molecule has 0 atom stereocenters. The van der Waals surface area contributed by atoms with Gasteiger partial charge in [-0.1, -0.05) is 21.1 Å². The first-order valence-corrected chi connectivity index (χ1v) is 5.94. The molecule has 2 aromatic rings. The summed E-state index contributed by atoms with van der Waals surface area (Å²) in [6, 6.07) is 6.03. The highest BCUT2D eigenvalue weighted by Crippen LogP contribution is 2.31.